The van der Waals surface area contributed by atoms with Crippen LogP contribution in [-0.4, -0.2) is 19.8 Å². The van der Waals surface area contributed by atoms with Crippen molar-refractivity contribution in [2.45, 2.75) is 52.6 Å². The molecule has 0 aromatic heterocycles. The quantitative estimate of drug-likeness (QED) is 0.318. The number of hydrogen-bond acceptors (Lipinski definition) is 4. The van der Waals surface area contributed by atoms with Crippen LogP contribution in [0.5, 0.6) is 11.5 Å². The van der Waals surface area contributed by atoms with Crippen LogP contribution in [0.2, 0.25) is 19.6 Å². The summed E-state index contributed by atoms with van der Waals surface area (Å²) in [7, 11) is -1.18. The highest BCUT2D eigenvalue weighted by Gasteiger charge is 2.18. The monoisotopic (exact) mass is 398 g/mol. The Morgan fingerprint density at radius 2 is 1.50 bits per heavy atom. The van der Waals surface area contributed by atoms with E-state index in [1.807, 2.05) is 0 Å². The van der Waals surface area contributed by atoms with Gasteiger partial charge in [-0.15, -0.1) is 0 Å². The topological polar surface area (TPSA) is 44.8 Å². The van der Waals surface area contributed by atoms with Crippen molar-refractivity contribution < 1.29 is 19.0 Å². The predicted molar refractivity (Wildman–Crippen MR) is 116 cm³/mol. The van der Waals surface area contributed by atoms with Crippen LogP contribution in [0.3, 0.4) is 0 Å². The Morgan fingerprint density at radius 1 is 0.929 bits per heavy atom. The van der Waals surface area contributed by atoms with Gasteiger partial charge in [-0.1, -0.05) is 55.7 Å². The van der Waals surface area contributed by atoms with Crippen LogP contribution in [0.15, 0.2) is 54.2 Å². The van der Waals surface area contributed by atoms with E-state index in [4.69, 9.17) is 14.2 Å². The average Bonchev–Trinajstić information content (AvgIpc) is 2.58. The van der Waals surface area contributed by atoms with Gasteiger partial charge in [0.25, 0.3) is 0 Å². The summed E-state index contributed by atoms with van der Waals surface area (Å²) in [6.45, 7) is 12.8. The summed E-state index contributed by atoms with van der Waals surface area (Å²) >= 11 is 0. The van der Waals surface area contributed by atoms with E-state index in [-0.39, 0.29) is 0 Å². The van der Waals surface area contributed by atoms with Crippen LogP contribution in [0, 0.1) is 0 Å². The van der Waals surface area contributed by atoms with Crippen molar-refractivity contribution in [1.29, 1.82) is 0 Å². The zero-order valence-corrected chi connectivity index (χ0v) is 18.6. The normalized spacial score (nSPS) is 12.1. The number of rotatable bonds is 6. The molecule has 0 N–H and O–H groups in total. The van der Waals surface area contributed by atoms with E-state index in [1.165, 1.54) is 5.56 Å². The van der Waals surface area contributed by atoms with Crippen molar-refractivity contribution >= 4 is 20.3 Å². The molecule has 2 aromatic rings. The highest BCUT2D eigenvalue weighted by Crippen LogP contribution is 2.20. The first-order chi connectivity index (χ1) is 13.0. The fourth-order valence-electron chi connectivity index (χ4n) is 2.21. The molecule has 0 saturated heterocycles. The molecule has 0 unspecified atom stereocenters. The first-order valence-corrected chi connectivity index (χ1v) is 13.0. The third-order valence-electron chi connectivity index (χ3n) is 3.58. The highest BCUT2D eigenvalue weighted by atomic mass is 28.3. The van der Waals surface area contributed by atoms with Crippen molar-refractivity contribution in [3.05, 3.63) is 65.4 Å². The summed E-state index contributed by atoms with van der Waals surface area (Å²) in [5.74, 6) is 1.12. The molecule has 28 heavy (non-hydrogen) atoms. The fourth-order valence-corrected chi connectivity index (χ4v) is 2.90. The van der Waals surface area contributed by atoms with Gasteiger partial charge < -0.3 is 14.2 Å². The maximum Gasteiger partial charge on any atom is 0.514 e. The van der Waals surface area contributed by atoms with Crippen LogP contribution >= 0.6 is 0 Å². The third kappa shape index (κ3) is 8.44. The van der Waals surface area contributed by atoms with Gasteiger partial charge >= 0.3 is 6.16 Å². The molecule has 0 atom stereocenters. The lowest BCUT2D eigenvalue weighted by Crippen LogP contribution is -2.25. The first-order valence-electron chi connectivity index (χ1n) is 9.42. The summed E-state index contributed by atoms with van der Waals surface area (Å²) in [6, 6.07) is 15.3. The Hall–Kier alpha value is -2.53. The first kappa shape index (κ1) is 21.8. The summed E-state index contributed by atoms with van der Waals surface area (Å²) in [6.07, 6.45) is 1.48. The lowest BCUT2D eigenvalue weighted by Gasteiger charge is -2.18. The van der Waals surface area contributed by atoms with E-state index >= 15 is 0 Å². The molecule has 150 valence electrons. The molecule has 0 aliphatic carbocycles. The van der Waals surface area contributed by atoms with Crippen LogP contribution in [0.4, 0.5) is 4.79 Å². The molecule has 2 aromatic carbocycles. The molecule has 4 nitrogen and oxygen atoms in total. The van der Waals surface area contributed by atoms with E-state index in [2.05, 4.69) is 55.7 Å². The summed E-state index contributed by atoms with van der Waals surface area (Å²) in [5, 5.41) is 0. The molecule has 2 rings (SSSR count). The van der Waals surface area contributed by atoms with E-state index in [0.717, 1.165) is 5.56 Å². The molecule has 0 bridgehead atoms. The average molecular weight is 399 g/mol. The maximum atomic E-state index is 11.7. The smallest absolute Gasteiger partial charge is 0.489 e. The minimum Gasteiger partial charge on any atom is -0.489 e. The van der Waals surface area contributed by atoms with Gasteiger partial charge in [0.1, 0.15) is 23.7 Å². The number of carbonyl (C=O) groups is 1. The Labute approximate surface area is 169 Å². The van der Waals surface area contributed by atoms with Gasteiger partial charge in [-0.25, -0.2) is 4.79 Å². The van der Waals surface area contributed by atoms with Gasteiger partial charge in [-0.05, 0) is 56.2 Å². The molecule has 5 heteroatoms. The molecule has 0 amide bonds. The molecule has 0 heterocycles. The van der Waals surface area contributed by atoms with Gasteiger partial charge in [-0.2, -0.15) is 0 Å². The van der Waals surface area contributed by atoms with Crippen molar-refractivity contribution in [2.24, 2.45) is 0 Å². The third-order valence-corrected chi connectivity index (χ3v) is 4.74. The van der Waals surface area contributed by atoms with Crippen LogP contribution in [0.25, 0.3) is 6.08 Å². The van der Waals surface area contributed by atoms with Gasteiger partial charge in [-0.3, -0.25) is 0 Å². The second-order valence-corrected chi connectivity index (χ2v) is 13.8. The zero-order chi connectivity index (χ0) is 20.8. The standard InChI is InChI=1S/C23H30O4Si/c1-23(2,3)27-22(24)26-21-13-11-20(12-14-21)25-17-19-9-7-18(8-10-19)15-16-28(4,5)6/h7-16H,17H2,1-6H3/b16-15+. The van der Waals surface area contributed by atoms with E-state index in [9.17, 15) is 4.79 Å². The second kappa shape index (κ2) is 9.11. The number of carbonyl (C=O) groups excluding carboxylic acids is 1. The van der Waals surface area contributed by atoms with Crippen molar-refractivity contribution in [3.63, 3.8) is 0 Å². The van der Waals surface area contributed by atoms with Crippen LogP contribution in [0.1, 0.15) is 31.9 Å². The zero-order valence-electron chi connectivity index (χ0n) is 17.6. The Bertz CT molecular complexity index is 794. The Morgan fingerprint density at radius 3 is 2.04 bits per heavy atom. The number of ether oxygens (including phenoxy) is 3. The number of hydrogen-bond donors (Lipinski definition) is 0. The fraction of sp³-hybridized carbons (Fsp3) is 0.348. The molecule has 0 spiro atoms. The maximum absolute atomic E-state index is 11.7. The van der Waals surface area contributed by atoms with Crippen molar-refractivity contribution in [3.8, 4) is 11.5 Å². The van der Waals surface area contributed by atoms with E-state index in [0.29, 0.717) is 18.1 Å². The van der Waals surface area contributed by atoms with E-state index < -0.39 is 19.8 Å². The summed E-state index contributed by atoms with van der Waals surface area (Å²) in [5.41, 5.74) is 4.05. The number of benzene rings is 2. The lowest BCUT2D eigenvalue weighted by atomic mass is 10.1. The highest BCUT2D eigenvalue weighted by molar-refractivity contribution is 6.81. The molecule has 0 fully saturated rings. The molecular weight excluding hydrogens is 368 g/mol. The van der Waals surface area contributed by atoms with Crippen molar-refractivity contribution in [2.75, 3.05) is 0 Å². The Balaban J connectivity index is 1.86. The van der Waals surface area contributed by atoms with Gasteiger partial charge in [0.2, 0.25) is 0 Å². The SMILES string of the molecule is CC(C)(C)OC(=O)Oc1ccc(OCc2ccc(/C=C/[Si](C)(C)C)cc2)cc1. The predicted octanol–water partition coefficient (Wildman–Crippen LogP) is 6.47. The van der Waals surface area contributed by atoms with Crippen molar-refractivity contribution in [1.82, 2.24) is 0 Å². The van der Waals surface area contributed by atoms with Gasteiger partial charge in [0, 0.05) is 0 Å². The largest absolute Gasteiger partial charge is 0.514 e. The summed E-state index contributed by atoms with van der Waals surface area (Å²) in [4.78, 5) is 11.7. The second-order valence-electron chi connectivity index (χ2n) is 8.77. The summed E-state index contributed by atoms with van der Waals surface area (Å²) < 4.78 is 16.1. The minimum absolute atomic E-state index is 0.417. The van der Waals surface area contributed by atoms with Crippen LogP contribution in [-0.2, 0) is 11.3 Å². The lowest BCUT2D eigenvalue weighted by molar-refractivity contribution is 0.0206. The molecular formula is C23H30O4Si. The van der Waals surface area contributed by atoms with Gasteiger partial charge in [0.05, 0.1) is 8.07 Å². The van der Waals surface area contributed by atoms with E-state index in [1.54, 1.807) is 45.0 Å². The molecule has 0 aliphatic rings. The minimum atomic E-state index is -1.18. The molecule has 0 aliphatic heterocycles. The Kier molecular flexibility index (Phi) is 7.08. The van der Waals surface area contributed by atoms with Gasteiger partial charge in [0.15, 0.2) is 0 Å². The molecule has 0 saturated carbocycles. The molecule has 0 radical (unpaired) electrons. The van der Waals surface area contributed by atoms with Crippen LogP contribution < -0.4 is 9.47 Å².